The molecule has 0 aromatic heterocycles. The lowest BCUT2D eigenvalue weighted by molar-refractivity contribution is 0.108. The zero-order chi connectivity index (χ0) is 20.0. The fraction of sp³-hybridized carbons (Fsp3) is 0.435. The summed E-state index contributed by atoms with van der Waals surface area (Å²) in [7, 11) is 0.0213. The summed E-state index contributed by atoms with van der Waals surface area (Å²) < 4.78 is 12.1. The highest BCUT2D eigenvalue weighted by Crippen LogP contribution is 2.30. The molecule has 146 valence electrons. The van der Waals surface area contributed by atoms with Gasteiger partial charge < -0.3 is 9.47 Å². The number of benzene rings is 2. The number of ether oxygens (including phenoxy) is 2. The first-order chi connectivity index (χ1) is 12.8. The van der Waals surface area contributed by atoms with Gasteiger partial charge in [0.15, 0.2) is 5.52 Å². The zero-order valence-corrected chi connectivity index (χ0v) is 18.3. The summed E-state index contributed by atoms with van der Waals surface area (Å²) in [5, 5.41) is 0.930. The van der Waals surface area contributed by atoms with Crippen LogP contribution in [0.2, 0.25) is 0 Å². The summed E-state index contributed by atoms with van der Waals surface area (Å²) in [5.74, 6) is 1.54. The third kappa shape index (κ3) is 5.81. The van der Waals surface area contributed by atoms with E-state index >= 15 is 0 Å². The van der Waals surface area contributed by atoms with E-state index in [0.717, 1.165) is 46.3 Å². The second-order valence-electron chi connectivity index (χ2n) is 7.05. The number of aryl methyl sites for hydroxylation is 2. The summed E-state index contributed by atoms with van der Waals surface area (Å²) in [6.07, 6.45) is 2.08. The predicted molar refractivity (Wildman–Crippen MR) is 115 cm³/mol. The molecule has 0 saturated heterocycles. The van der Waals surface area contributed by atoms with E-state index in [0.29, 0.717) is 0 Å². The number of hydrogen-bond donors (Lipinski definition) is 0. The van der Waals surface area contributed by atoms with Crippen LogP contribution in [0.4, 0.5) is 0 Å². The van der Waals surface area contributed by atoms with Crippen molar-refractivity contribution in [2.75, 3.05) is 0 Å². The smallest absolute Gasteiger partial charge is 0.186 e. The van der Waals surface area contributed by atoms with Gasteiger partial charge in [0.05, 0.1) is 12.2 Å². The van der Waals surface area contributed by atoms with E-state index < -0.39 is 0 Å². The number of carbonyl (C=O) groups is 1. The Morgan fingerprint density at radius 2 is 1.56 bits per heavy atom. The SMILES string of the molecule is CCC(C)Oc1ccc(PC(=O)c2c(C)cccc2C)c(OC(C)CC)c1. The van der Waals surface area contributed by atoms with Crippen molar-refractivity contribution in [3.63, 3.8) is 0 Å². The molecule has 0 spiro atoms. The summed E-state index contributed by atoms with van der Waals surface area (Å²) >= 11 is 0. The van der Waals surface area contributed by atoms with Crippen LogP contribution < -0.4 is 14.8 Å². The molecule has 0 aliphatic rings. The summed E-state index contributed by atoms with van der Waals surface area (Å²) in [6, 6.07) is 11.8. The van der Waals surface area contributed by atoms with Gasteiger partial charge >= 0.3 is 0 Å². The maximum atomic E-state index is 13.0. The Morgan fingerprint density at radius 1 is 0.963 bits per heavy atom. The lowest BCUT2D eigenvalue weighted by atomic mass is 10.0. The molecule has 2 rings (SSSR count). The molecule has 0 heterocycles. The van der Waals surface area contributed by atoms with Crippen LogP contribution in [0.15, 0.2) is 36.4 Å². The fourth-order valence-corrected chi connectivity index (χ4v) is 3.93. The predicted octanol–water partition coefficient (Wildman–Crippen LogP) is 5.80. The lowest BCUT2D eigenvalue weighted by Gasteiger charge is -2.19. The summed E-state index contributed by atoms with van der Waals surface area (Å²) in [5.41, 5.74) is 3.02. The van der Waals surface area contributed by atoms with Gasteiger partial charge in [0.25, 0.3) is 0 Å². The van der Waals surface area contributed by atoms with Crippen molar-refractivity contribution in [2.45, 2.75) is 66.6 Å². The molecular weight excluding hydrogens is 355 g/mol. The van der Waals surface area contributed by atoms with Gasteiger partial charge in [0, 0.05) is 16.9 Å². The number of carbonyl (C=O) groups excluding carboxylic acids is 1. The van der Waals surface area contributed by atoms with E-state index in [1.807, 2.05) is 57.2 Å². The van der Waals surface area contributed by atoms with Crippen LogP contribution in [-0.4, -0.2) is 17.7 Å². The van der Waals surface area contributed by atoms with Gasteiger partial charge in [-0.15, -0.1) is 0 Å². The van der Waals surface area contributed by atoms with Gasteiger partial charge in [-0.25, -0.2) is 0 Å². The molecule has 0 amide bonds. The lowest BCUT2D eigenvalue weighted by Crippen LogP contribution is -2.16. The van der Waals surface area contributed by atoms with Crippen molar-refractivity contribution in [1.29, 1.82) is 0 Å². The second-order valence-corrected chi connectivity index (χ2v) is 8.30. The van der Waals surface area contributed by atoms with Crippen LogP contribution in [0.3, 0.4) is 0 Å². The number of rotatable bonds is 9. The largest absolute Gasteiger partial charge is 0.491 e. The van der Waals surface area contributed by atoms with Crippen molar-refractivity contribution in [3.8, 4) is 11.5 Å². The molecule has 3 atom stereocenters. The van der Waals surface area contributed by atoms with Crippen LogP contribution in [0.25, 0.3) is 0 Å². The highest BCUT2D eigenvalue weighted by atomic mass is 31.1. The van der Waals surface area contributed by atoms with Gasteiger partial charge in [0.2, 0.25) is 0 Å². The van der Waals surface area contributed by atoms with Gasteiger partial charge in [-0.3, -0.25) is 4.79 Å². The Labute approximate surface area is 165 Å². The molecule has 4 heteroatoms. The Kier molecular flexibility index (Phi) is 7.86. The van der Waals surface area contributed by atoms with Crippen molar-refractivity contribution in [2.24, 2.45) is 0 Å². The minimum atomic E-state index is 0.0213. The molecule has 3 unspecified atom stereocenters. The fourth-order valence-electron chi connectivity index (χ4n) is 2.75. The van der Waals surface area contributed by atoms with Gasteiger partial charge in [0.1, 0.15) is 11.5 Å². The van der Waals surface area contributed by atoms with E-state index in [-0.39, 0.29) is 26.3 Å². The van der Waals surface area contributed by atoms with E-state index in [1.54, 1.807) is 0 Å². The van der Waals surface area contributed by atoms with Crippen LogP contribution in [0, 0.1) is 13.8 Å². The molecule has 2 aromatic rings. The standard InChI is InChI=1S/C23H31O3P/c1-7-17(5)25-19-12-13-21(20(14-19)26-18(6)8-2)27-23(24)22-15(3)10-9-11-16(22)4/h9-14,17-18,27H,7-8H2,1-6H3. The molecule has 0 bridgehead atoms. The van der Waals surface area contributed by atoms with Crippen LogP contribution in [-0.2, 0) is 0 Å². The monoisotopic (exact) mass is 386 g/mol. The Hall–Kier alpha value is -1.86. The highest BCUT2D eigenvalue weighted by Gasteiger charge is 2.17. The maximum absolute atomic E-state index is 13.0. The first kappa shape index (κ1) is 21.4. The number of hydrogen-bond acceptors (Lipinski definition) is 3. The van der Waals surface area contributed by atoms with Crippen molar-refractivity contribution in [3.05, 3.63) is 53.1 Å². The van der Waals surface area contributed by atoms with Gasteiger partial charge in [-0.2, -0.15) is 0 Å². The molecule has 0 aliphatic heterocycles. The van der Waals surface area contributed by atoms with Crippen molar-refractivity contribution in [1.82, 2.24) is 0 Å². The third-order valence-electron chi connectivity index (χ3n) is 4.72. The normalized spacial score (nSPS) is 13.6. The Bertz CT molecular complexity index is 765. The van der Waals surface area contributed by atoms with E-state index in [9.17, 15) is 4.79 Å². The molecule has 0 fully saturated rings. The average molecular weight is 386 g/mol. The third-order valence-corrected chi connectivity index (χ3v) is 5.88. The van der Waals surface area contributed by atoms with Crippen LogP contribution in [0.5, 0.6) is 11.5 Å². The first-order valence-electron chi connectivity index (χ1n) is 9.70. The molecular formula is C23H31O3P. The summed E-state index contributed by atoms with van der Waals surface area (Å²) in [6.45, 7) is 12.3. The Balaban J connectivity index is 2.32. The van der Waals surface area contributed by atoms with Crippen molar-refractivity contribution < 1.29 is 14.3 Å². The van der Waals surface area contributed by atoms with E-state index in [1.165, 1.54) is 0 Å². The van der Waals surface area contributed by atoms with Crippen LogP contribution in [0.1, 0.15) is 62.0 Å². The molecule has 0 saturated carbocycles. The molecule has 27 heavy (non-hydrogen) atoms. The first-order valence-corrected chi connectivity index (χ1v) is 10.7. The summed E-state index contributed by atoms with van der Waals surface area (Å²) in [4.78, 5) is 13.0. The minimum absolute atomic E-state index is 0.0213. The maximum Gasteiger partial charge on any atom is 0.186 e. The highest BCUT2D eigenvalue weighted by molar-refractivity contribution is 7.66. The van der Waals surface area contributed by atoms with Gasteiger partial charge in [-0.1, -0.05) is 32.0 Å². The van der Waals surface area contributed by atoms with Crippen LogP contribution >= 0.6 is 8.58 Å². The zero-order valence-electron chi connectivity index (χ0n) is 17.3. The van der Waals surface area contributed by atoms with Crippen molar-refractivity contribution >= 4 is 19.4 Å². The topological polar surface area (TPSA) is 35.5 Å². The molecule has 2 aromatic carbocycles. The van der Waals surface area contributed by atoms with E-state index in [2.05, 4.69) is 20.8 Å². The van der Waals surface area contributed by atoms with Gasteiger partial charge in [-0.05, 0) is 72.4 Å². The average Bonchev–Trinajstić information content (AvgIpc) is 2.63. The molecule has 0 aliphatic carbocycles. The molecule has 0 radical (unpaired) electrons. The molecule has 3 nitrogen and oxygen atoms in total. The van der Waals surface area contributed by atoms with E-state index in [4.69, 9.17) is 9.47 Å². The minimum Gasteiger partial charge on any atom is -0.491 e. The Morgan fingerprint density at radius 3 is 2.15 bits per heavy atom. The molecule has 0 N–H and O–H groups in total. The quantitative estimate of drug-likeness (QED) is 0.511. The second kappa shape index (κ2) is 9.90.